The molecule has 1 fully saturated rings. The second-order valence-electron chi connectivity index (χ2n) is 19.9. The number of amides is 8. The van der Waals surface area contributed by atoms with Crippen molar-refractivity contribution in [1.82, 2.24) is 46.4 Å². The normalized spacial score (nSPS) is 18.6. The lowest BCUT2D eigenvalue weighted by molar-refractivity contribution is -0.169. The van der Waals surface area contributed by atoms with E-state index >= 15 is 4.39 Å². The Labute approximate surface area is 435 Å². The molecule has 4 atom stereocenters. The van der Waals surface area contributed by atoms with Crippen molar-refractivity contribution in [3.05, 3.63) is 97.6 Å². The van der Waals surface area contributed by atoms with Gasteiger partial charge in [-0.15, -0.1) is 0 Å². The number of unbranched alkanes of at least 4 members (excludes halogenated alkanes) is 1. The molecule has 7 N–H and O–H groups in total. The van der Waals surface area contributed by atoms with Crippen LogP contribution in [0.5, 0.6) is 0 Å². The first-order chi connectivity index (χ1) is 36.2. The van der Waals surface area contributed by atoms with Crippen molar-refractivity contribution in [2.24, 2.45) is 11.8 Å². The number of ether oxygens (including phenoxy) is 2. The average molecular weight is 1050 g/mol. The molecule has 1 saturated heterocycles. The van der Waals surface area contributed by atoms with Crippen molar-refractivity contribution in [2.75, 3.05) is 39.5 Å². The average Bonchev–Trinajstić information content (AvgIpc) is 3.98. The Balaban J connectivity index is 0.795. The van der Waals surface area contributed by atoms with Crippen molar-refractivity contribution >= 4 is 64.1 Å². The summed E-state index contributed by atoms with van der Waals surface area (Å²) in [5.41, 5.74) is 1.69. The van der Waals surface area contributed by atoms with Crippen molar-refractivity contribution in [3.63, 3.8) is 0 Å². The van der Waals surface area contributed by atoms with Gasteiger partial charge in [0.25, 0.3) is 5.56 Å². The van der Waals surface area contributed by atoms with Crippen molar-refractivity contribution < 1.29 is 62.1 Å². The number of aryl methyl sites for hydroxylation is 1. The number of benzene rings is 2. The Hall–Kier alpha value is -7.92. The molecule has 22 nitrogen and oxygen atoms in total. The topological polar surface area (TPSA) is 303 Å². The third-order valence-corrected chi connectivity index (χ3v) is 14.3. The molecule has 0 radical (unpaired) electrons. The lowest BCUT2D eigenvalue weighted by Crippen LogP contribution is -2.52. The van der Waals surface area contributed by atoms with Gasteiger partial charge in [-0.1, -0.05) is 44.2 Å². The lowest BCUT2D eigenvalue weighted by atomic mass is 9.81. The molecule has 0 bridgehead atoms. The summed E-state index contributed by atoms with van der Waals surface area (Å²) in [7, 11) is 0. The number of fused-ring (bicyclic) bond motifs is 5. The van der Waals surface area contributed by atoms with E-state index in [0.717, 1.165) is 5.56 Å². The van der Waals surface area contributed by atoms with Crippen LogP contribution in [0.15, 0.2) is 47.3 Å². The van der Waals surface area contributed by atoms with E-state index in [0.29, 0.717) is 70.2 Å². The summed E-state index contributed by atoms with van der Waals surface area (Å²) < 4.78 is 27.4. The maximum absolute atomic E-state index is 15.3. The van der Waals surface area contributed by atoms with Crippen LogP contribution < -0.4 is 37.5 Å². The number of carbonyl (C=O) groups excluding carboxylic acids is 9. The van der Waals surface area contributed by atoms with Crippen LogP contribution in [0.25, 0.3) is 22.3 Å². The van der Waals surface area contributed by atoms with Crippen LogP contribution >= 0.6 is 0 Å². The largest absolute Gasteiger partial charge is 0.458 e. The Bertz CT molecular complexity index is 3100. The van der Waals surface area contributed by atoms with Gasteiger partial charge in [-0.05, 0) is 73.8 Å². The fourth-order valence-corrected chi connectivity index (χ4v) is 10.1. The number of nitrogens with zero attached hydrogens (tertiary/aromatic N) is 3. The molecule has 23 heteroatoms. The summed E-state index contributed by atoms with van der Waals surface area (Å²) >= 11 is 0. The summed E-state index contributed by atoms with van der Waals surface area (Å²) in [6.07, 6.45) is 1.84. The Morgan fingerprint density at radius 2 is 1.61 bits per heavy atom. The molecule has 2 aromatic carbocycles. The first-order valence-corrected chi connectivity index (χ1v) is 25.2. The Kier molecular flexibility index (Phi) is 16.4. The van der Waals surface area contributed by atoms with Gasteiger partial charge >= 0.3 is 5.97 Å². The van der Waals surface area contributed by atoms with Crippen molar-refractivity contribution in [1.29, 1.82) is 0 Å². The summed E-state index contributed by atoms with van der Waals surface area (Å²) in [5, 5.41) is 27.1. The number of carbonyl (C=O) groups is 9. The quantitative estimate of drug-likeness (QED) is 0.0229. The minimum absolute atomic E-state index is 0.0334. The molecule has 4 aromatic rings. The highest BCUT2D eigenvalue weighted by Crippen LogP contribution is 2.45. The van der Waals surface area contributed by atoms with E-state index in [9.17, 15) is 53.1 Å². The summed E-state index contributed by atoms with van der Waals surface area (Å²) in [6.45, 7) is 4.24. The molecule has 4 aliphatic rings. The van der Waals surface area contributed by atoms with Gasteiger partial charge in [0, 0.05) is 54.3 Å². The number of nitrogens with one attached hydrogen (secondary N) is 6. The number of pyridine rings is 2. The third kappa shape index (κ3) is 11.6. The minimum Gasteiger partial charge on any atom is -0.458 e. The molecule has 402 valence electrons. The summed E-state index contributed by atoms with van der Waals surface area (Å²) in [5.74, 6) is -5.83. The minimum atomic E-state index is -2.10. The van der Waals surface area contributed by atoms with Crippen LogP contribution in [-0.4, -0.2) is 118 Å². The molecule has 5 heterocycles. The van der Waals surface area contributed by atoms with E-state index in [4.69, 9.17) is 14.5 Å². The molecule has 8 rings (SSSR count). The molecule has 1 aliphatic carbocycles. The first-order valence-electron chi connectivity index (χ1n) is 25.2. The van der Waals surface area contributed by atoms with Crippen LogP contribution in [0.3, 0.4) is 0 Å². The fourth-order valence-electron chi connectivity index (χ4n) is 10.1. The third-order valence-electron chi connectivity index (χ3n) is 14.3. The standard InChI is InChI=1S/C53H60FN9O13/c1-27(2)31-17-45(69)62(50(31)71)15-9-8-12-40(64)55-20-41(65)56-22-43(67)60-38(16-29-10-6-5-7-11-29)49(70)57-21-42(66)58-26-75-25-44(68)59-36-14-13-30-28(3)35(54)19-37-46(30)47(36)32-23-63-39(48(32)61-37)18-34-33(51(63)72)24-76-52(73)53(34,4)74/h5-7,10-11,18-19,27,31,36,38,74H,8-9,12-17,20-26H2,1-4H3,(H,55,64)(H,56,65)(H,57,70)(H,58,66)(H,59,68)(H,60,67)/t31?,36-,38?,53-/m1/s1. The molecular formula is C53H60FN9O13. The number of imide groups is 1. The first kappa shape index (κ1) is 54.3. The number of cyclic esters (lactones) is 1. The number of rotatable bonds is 21. The predicted octanol–water partition coefficient (Wildman–Crippen LogP) is 0.608. The molecule has 0 spiro atoms. The Morgan fingerprint density at radius 1 is 0.895 bits per heavy atom. The fraction of sp³-hybridized carbons (Fsp3) is 0.453. The number of aliphatic hydroxyl groups is 1. The monoisotopic (exact) mass is 1050 g/mol. The number of aromatic nitrogens is 2. The molecule has 8 amide bonds. The van der Waals surface area contributed by atoms with Crippen molar-refractivity contribution in [2.45, 2.75) is 103 Å². The Morgan fingerprint density at radius 3 is 2.34 bits per heavy atom. The van der Waals surface area contributed by atoms with Crippen molar-refractivity contribution in [3.8, 4) is 11.4 Å². The zero-order valence-corrected chi connectivity index (χ0v) is 42.5. The number of hydrogen-bond donors (Lipinski definition) is 7. The van der Waals surface area contributed by atoms with E-state index in [2.05, 4.69) is 31.9 Å². The molecule has 76 heavy (non-hydrogen) atoms. The maximum atomic E-state index is 15.3. The summed E-state index contributed by atoms with van der Waals surface area (Å²) in [4.78, 5) is 135. The lowest BCUT2D eigenvalue weighted by Gasteiger charge is -2.30. The van der Waals surface area contributed by atoms with E-state index < -0.39 is 103 Å². The van der Waals surface area contributed by atoms with Crippen LogP contribution in [0.1, 0.15) is 97.9 Å². The summed E-state index contributed by atoms with van der Waals surface area (Å²) in [6, 6.07) is 9.78. The number of likely N-dealkylation sites (tertiary alicyclic amines) is 1. The van der Waals surface area contributed by atoms with Crippen LogP contribution in [-0.2, 0) is 84.2 Å². The van der Waals surface area contributed by atoms with Crippen LogP contribution in [0, 0.1) is 24.6 Å². The van der Waals surface area contributed by atoms with Gasteiger partial charge in [0.15, 0.2) is 5.60 Å². The zero-order valence-electron chi connectivity index (χ0n) is 42.5. The zero-order chi connectivity index (χ0) is 54.6. The van der Waals surface area contributed by atoms with Gasteiger partial charge in [0.2, 0.25) is 47.3 Å². The van der Waals surface area contributed by atoms with Gasteiger partial charge in [0.1, 0.15) is 31.8 Å². The van der Waals surface area contributed by atoms with E-state index in [-0.39, 0.29) is 73.7 Å². The number of halogens is 1. The van der Waals surface area contributed by atoms with Crippen LogP contribution in [0.4, 0.5) is 4.39 Å². The highest BCUT2D eigenvalue weighted by Gasteiger charge is 2.44. The highest BCUT2D eigenvalue weighted by atomic mass is 19.1. The second kappa shape index (κ2) is 22.9. The predicted molar refractivity (Wildman–Crippen MR) is 267 cm³/mol. The molecular weight excluding hydrogens is 990 g/mol. The van der Waals surface area contributed by atoms with E-state index in [1.807, 2.05) is 13.8 Å². The molecule has 3 aliphatic heterocycles. The number of esters is 1. The molecule has 2 unspecified atom stereocenters. The maximum Gasteiger partial charge on any atom is 0.342 e. The van der Waals surface area contributed by atoms with E-state index in [1.165, 1.54) is 28.5 Å². The van der Waals surface area contributed by atoms with E-state index in [1.54, 1.807) is 37.3 Å². The highest BCUT2D eigenvalue weighted by molar-refractivity contribution is 6.03. The smallest absolute Gasteiger partial charge is 0.342 e. The van der Waals surface area contributed by atoms with Gasteiger partial charge in [0.05, 0.1) is 54.7 Å². The van der Waals surface area contributed by atoms with Gasteiger partial charge in [-0.3, -0.25) is 48.1 Å². The number of hydrogen-bond acceptors (Lipinski definition) is 14. The SMILES string of the molecule is Cc1c(F)cc2nc3c(c4c2c1CC[C@H]4NC(=O)COCNC(=O)CNC(=O)C(Cc1ccccc1)NC(=O)CNC(=O)CNC(=O)CCCCN1C(=O)CC(C(C)C)C1=O)Cn1c-3cc2c(c1=O)COC(=O)[C@]2(C)O. The second-order valence-corrected chi connectivity index (χ2v) is 19.9. The molecule has 0 saturated carbocycles. The van der Waals surface area contributed by atoms with Gasteiger partial charge in [-0.2, -0.15) is 0 Å². The molecule has 2 aromatic heterocycles. The van der Waals surface area contributed by atoms with Gasteiger partial charge in [-0.25, -0.2) is 14.2 Å². The van der Waals surface area contributed by atoms with Gasteiger partial charge < -0.3 is 51.0 Å². The van der Waals surface area contributed by atoms with Crippen LogP contribution in [0.2, 0.25) is 0 Å².